The highest BCUT2D eigenvalue weighted by atomic mass is 16.1. The fourth-order valence-corrected chi connectivity index (χ4v) is 0.395. The first-order valence-electron chi connectivity index (χ1n) is 2.94. The average Bonchev–Trinajstić information content (AvgIpc) is 2.06. The number of hydrogen-bond acceptors (Lipinski definition) is 3. The van der Waals surface area contributed by atoms with E-state index in [9.17, 15) is 4.79 Å². The van der Waals surface area contributed by atoms with Crippen LogP contribution in [0, 0.1) is 28.6 Å². The van der Waals surface area contributed by atoms with Gasteiger partial charge in [0.25, 0.3) is 0 Å². The highest BCUT2D eigenvalue weighted by Crippen LogP contribution is 1.87. The number of nitrogens with one attached hydrogen (secondary N) is 1. The van der Waals surface area contributed by atoms with Crippen LogP contribution in [0.15, 0.2) is 12.7 Å². The monoisotopic (exact) mass is 149 g/mol. The van der Waals surface area contributed by atoms with Crippen LogP contribution in [0.3, 0.4) is 0 Å². The number of hydrogen-bond donors (Lipinski definition) is 1. The van der Waals surface area contributed by atoms with Crippen molar-refractivity contribution < 1.29 is 4.79 Å². The number of nitrogens with zero attached hydrogens (tertiary/aromatic N) is 2. The van der Waals surface area contributed by atoms with Gasteiger partial charge in [0.05, 0.1) is 12.1 Å². The van der Waals surface area contributed by atoms with Crippen LogP contribution in [0.5, 0.6) is 0 Å². The van der Waals surface area contributed by atoms with Crippen molar-refractivity contribution in [2.45, 2.75) is 0 Å². The summed E-state index contributed by atoms with van der Waals surface area (Å²) in [7, 11) is 0. The van der Waals surface area contributed by atoms with Crippen LogP contribution in [-0.4, -0.2) is 12.5 Å². The van der Waals surface area contributed by atoms with E-state index >= 15 is 0 Å². The molecule has 0 aliphatic heterocycles. The molecule has 0 aromatic rings. The first-order chi connectivity index (χ1) is 5.24. The second-order valence-corrected chi connectivity index (χ2v) is 1.76. The number of carbonyl (C=O) groups excluding carboxylic acids is 1. The van der Waals surface area contributed by atoms with E-state index < -0.39 is 5.92 Å². The lowest BCUT2D eigenvalue weighted by Crippen LogP contribution is -2.26. The van der Waals surface area contributed by atoms with Gasteiger partial charge in [-0.2, -0.15) is 10.5 Å². The molecular formula is C7H7N3O. The molecule has 0 saturated heterocycles. The summed E-state index contributed by atoms with van der Waals surface area (Å²) < 4.78 is 0. The predicted octanol–water partition coefficient (Wildman–Crippen LogP) is -0.0480. The zero-order valence-electron chi connectivity index (χ0n) is 5.87. The zero-order valence-corrected chi connectivity index (χ0v) is 5.87. The van der Waals surface area contributed by atoms with Crippen LogP contribution in [0.25, 0.3) is 0 Å². The van der Waals surface area contributed by atoms with Gasteiger partial charge in [0, 0.05) is 6.54 Å². The lowest BCUT2D eigenvalue weighted by Gasteiger charge is -1.99. The highest BCUT2D eigenvalue weighted by Gasteiger charge is 2.04. The van der Waals surface area contributed by atoms with Crippen LogP contribution >= 0.6 is 0 Å². The molecule has 0 rings (SSSR count). The van der Waals surface area contributed by atoms with E-state index in [-0.39, 0.29) is 12.5 Å². The molecule has 0 spiro atoms. The van der Waals surface area contributed by atoms with E-state index in [0.29, 0.717) is 0 Å². The third kappa shape index (κ3) is 3.72. The van der Waals surface area contributed by atoms with Crippen LogP contribution in [0.2, 0.25) is 0 Å². The van der Waals surface area contributed by atoms with Gasteiger partial charge in [0.2, 0.25) is 5.91 Å². The van der Waals surface area contributed by atoms with E-state index in [4.69, 9.17) is 10.5 Å². The zero-order chi connectivity index (χ0) is 8.69. The van der Waals surface area contributed by atoms with Gasteiger partial charge in [0.15, 0.2) is 5.92 Å². The summed E-state index contributed by atoms with van der Waals surface area (Å²) in [6.07, 6.45) is 1.09. The molecule has 4 heteroatoms. The Morgan fingerprint density at radius 2 is 2.18 bits per heavy atom. The van der Waals surface area contributed by atoms with Crippen molar-refractivity contribution in [3.8, 4) is 12.1 Å². The molecule has 56 valence electrons. The summed E-state index contributed by atoms with van der Waals surface area (Å²) >= 11 is 0. The van der Waals surface area contributed by atoms with Crippen molar-refractivity contribution in [2.75, 3.05) is 6.54 Å². The van der Waals surface area contributed by atoms with Gasteiger partial charge in [-0.05, 0) is 6.08 Å². The first kappa shape index (κ1) is 9.19. The molecular weight excluding hydrogens is 142 g/mol. The minimum absolute atomic E-state index is 0.0534. The fourth-order valence-electron chi connectivity index (χ4n) is 0.395. The predicted molar refractivity (Wildman–Crippen MR) is 37.9 cm³/mol. The Hall–Kier alpha value is -1.81. The largest absolute Gasteiger partial charge is 0.350 e. The average molecular weight is 149 g/mol. The quantitative estimate of drug-likeness (QED) is 0.571. The molecule has 0 radical (unpaired) electrons. The van der Waals surface area contributed by atoms with Crippen LogP contribution in [0.1, 0.15) is 0 Å². The van der Waals surface area contributed by atoms with Crippen LogP contribution < -0.4 is 5.32 Å². The standard InChI is InChI=1S/C7H7N3O/c1-2-7(11)10-5-6(3-8)4-9/h2,6H,1,5H2,(H,10,11). The molecule has 4 nitrogen and oxygen atoms in total. The summed E-state index contributed by atoms with van der Waals surface area (Å²) in [5, 5.41) is 18.9. The van der Waals surface area contributed by atoms with Crippen LogP contribution in [-0.2, 0) is 4.79 Å². The second kappa shape index (κ2) is 5.01. The molecule has 0 aliphatic rings. The van der Waals surface area contributed by atoms with Gasteiger partial charge >= 0.3 is 0 Å². The van der Waals surface area contributed by atoms with Gasteiger partial charge in [-0.1, -0.05) is 6.58 Å². The Labute approximate surface area is 64.7 Å². The molecule has 0 saturated carbocycles. The highest BCUT2D eigenvalue weighted by molar-refractivity contribution is 5.86. The second-order valence-electron chi connectivity index (χ2n) is 1.76. The molecule has 0 fully saturated rings. The van der Waals surface area contributed by atoms with Gasteiger partial charge in [0.1, 0.15) is 0 Å². The van der Waals surface area contributed by atoms with E-state index in [1.54, 1.807) is 12.1 Å². The van der Waals surface area contributed by atoms with Gasteiger partial charge < -0.3 is 5.32 Å². The van der Waals surface area contributed by atoms with Crippen molar-refractivity contribution in [3.05, 3.63) is 12.7 Å². The van der Waals surface area contributed by atoms with Crippen molar-refractivity contribution >= 4 is 5.91 Å². The van der Waals surface area contributed by atoms with E-state index in [1.165, 1.54) is 0 Å². The Morgan fingerprint density at radius 1 is 1.64 bits per heavy atom. The molecule has 0 atom stereocenters. The van der Waals surface area contributed by atoms with Crippen molar-refractivity contribution in [3.63, 3.8) is 0 Å². The molecule has 0 heterocycles. The Bertz CT molecular complexity index is 219. The third-order valence-electron chi connectivity index (χ3n) is 0.977. The molecule has 0 aromatic heterocycles. The molecule has 0 bridgehead atoms. The van der Waals surface area contributed by atoms with E-state index in [2.05, 4.69) is 11.9 Å². The maximum atomic E-state index is 10.5. The van der Waals surface area contributed by atoms with Gasteiger partial charge in [-0.15, -0.1) is 0 Å². The first-order valence-corrected chi connectivity index (χ1v) is 2.94. The molecule has 11 heavy (non-hydrogen) atoms. The molecule has 0 aromatic carbocycles. The summed E-state index contributed by atoms with van der Waals surface area (Å²) in [6.45, 7) is 3.27. The summed E-state index contributed by atoms with van der Waals surface area (Å²) in [5.74, 6) is -1.15. The molecule has 0 unspecified atom stereocenters. The normalized spacial score (nSPS) is 7.91. The lowest BCUT2D eigenvalue weighted by molar-refractivity contribution is -0.116. The van der Waals surface area contributed by atoms with Crippen LogP contribution in [0.4, 0.5) is 0 Å². The topological polar surface area (TPSA) is 76.7 Å². The fraction of sp³-hybridized carbons (Fsp3) is 0.286. The number of nitriles is 2. The Kier molecular flexibility index (Phi) is 4.19. The van der Waals surface area contributed by atoms with Crippen molar-refractivity contribution in [1.29, 1.82) is 10.5 Å². The summed E-state index contributed by atoms with van der Waals surface area (Å²) in [6, 6.07) is 3.44. The molecule has 0 aliphatic carbocycles. The minimum Gasteiger partial charge on any atom is -0.350 e. The maximum absolute atomic E-state index is 10.5. The van der Waals surface area contributed by atoms with Crippen molar-refractivity contribution in [1.82, 2.24) is 5.32 Å². The molecule has 1 N–H and O–H groups in total. The summed E-state index contributed by atoms with van der Waals surface area (Å²) in [5.41, 5.74) is 0. The minimum atomic E-state index is -0.779. The molecule has 1 amide bonds. The number of carbonyl (C=O) groups is 1. The third-order valence-corrected chi connectivity index (χ3v) is 0.977. The Morgan fingerprint density at radius 3 is 2.55 bits per heavy atom. The lowest BCUT2D eigenvalue weighted by atomic mass is 10.2. The smallest absolute Gasteiger partial charge is 0.243 e. The number of rotatable bonds is 3. The number of amides is 1. The SMILES string of the molecule is C=CC(=O)NCC(C#N)C#N. The van der Waals surface area contributed by atoms with Gasteiger partial charge in [-0.3, -0.25) is 4.79 Å². The van der Waals surface area contributed by atoms with Crippen molar-refractivity contribution in [2.24, 2.45) is 5.92 Å². The maximum Gasteiger partial charge on any atom is 0.243 e. The van der Waals surface area contributed by atoms with E-state index in [0.717, 1.165) is 6.08 Å². The summed E-state index contributed by atoms with van der Waals surface area (Å²) in [4.78, 5) is 10.5. The Balaban J connectivity index is 3.72. The van der Waals surface area contributed by atoms with E-state index in [1.807, 2.05) is 0 Å². The van der Waals surface area contributed by atoms with Gasteiger partial charge in [-0.25, -0.2) is 0 Å².